The van der Waals surface area contributed by atoms with Gasteiger partial charge in [-0.3, -0.25) is 5.01 Å². The fraction of sp³-hybridized carbons (Fsp3) is 0.115. The largest absolute Gasteiger partial charge is 0.403 e. The van der Waals surface area contributed by atoms with Crippen LogP contribution in [0.2, 0.25) is 5.02 Å². The highest BCUT2D eigenvalue weighted by Gasteiger charge is 2.19. The van der Waals surface area contributed by atoms with E-state index in [0.717, 1.165) is 33.9 Å². The van der Waals surface area contributed by atoms with Gasteiger partial charge in [-0.15, -0.1) is 0 Å². The number of imidazole rings is 1. The van der Waals surface area contributed by atoms with Crippen LogP contribution >= 0.6 is 11.6 Å². The number of hydrazine groups is 1. The van der Waals surface area contributed by atoms with E-state index < -0.39 is 9.84 Å². The van der Waals surface area contributed by atoms with E-state index in [9.17, 15) is 8.42 Å². The number of rotatable bonds is 6. The minimum atomic E-state index is -3.35. The quantitative estimate of drug-likeness (QED) is 0.285. The van der Waals surface area contributed by atoms with Gasteiger partial charge in [0.25, 0.3) is 0 Å². The van der Waals surface area contributed by atoms with Crippen molar-refractivity contribution in [1.82, 2.24) is 9.55 Å². The number of benzene rings is 3. The van der Waals surface area contributed by atoms with Gasteiger partial charge >= 0.3 is 0 Å². The Morgan fingerprint density at radius 1 is 1.03 bits per heavy atom. The van der Waals surface area contributed by atoms with Crippen molar-refractivity contribution in [1.29, 1.82) is 0 Å². The van der Waals surface area contributed by atoms with Crippen LogP contribution in [0.4, 0.5) is 5.69 Å². The van der Waals surface area contributed by atoms with Gasteiger partial charge in [-0.25, -0.2) is 19.2 Å². The summed E-state index contributed by atoms with van der Waals surface area (Å²) in [5, 5.41) is 2.11. The molecule has 4 rings (SSSR count). The number of anilines is 1. The molecule has 0 atom stereocenters. The van der Waals surface area contributed by atoms with E-state index in [1.807, 2.05) is 61.0 Å². The topological polar surface area (TPSA) is 107 Å². The summed E-state index contributed by atoms with van der Waals surface area (Å²) < 4.78 is 26.2. The van der Waals surface area contributed by atoms with Crippen LogP contribution in [-0.2, 0) is 9.84 Å². The van der Waals surface area contributed by atoms with Crippen LogP contribution in [0.15, 0.2) is 84.0 Å². The number of sulfone groups is 1. The summed E-state index contributed by atoms with van der Waals surface area (Å²) in [4.78, 5) is 4.77. The van der Waals surface area contributed by atoms with Crippen molar-refractivity contribution >= 4 is 32.8 Å². The number of hydrogen-bond donors (Lipinski definition) is 2. The number of nitrogens with zero attached hydrogens (tertiary/aromatic N) is 3. The molecule has 7 nitrogen and oxygen atoms in total. The summed E-state index contributed by atoms with van der Waals surface area (Å²) in [5.41, 5.74) is 11.2. The van der Waals surface area contributed by atoms with Crippen LogP contribution in [-0.4, -0.2) is 24.2 Å². The predicted molar refractivity (Wildman–Crippen MR) is 142 cm³/mol. The van der Waals surface area contributed by atoms with Crippen molar-refractivity contribution in [2.45, 2.75) is 18.7 Å². The van der Waals surface area contributed by atoms with Crippen molar-refractivity contribution in [3.8, 4) is 16.8 Å². The monoisotopic (exact) mass is 507 g/mol. The number of aromatic nitrogens is 2. The van der Waals surface area contributed by atoms with E-state index in [4.69, 9.17) is 23.2 Å². The molecular weight excluding hydrogens is 482 g/mol. The molecule has 0 amide bonds. The molecule has 0 spiro atoms. The third kappa shape index (κ3) is 5.09. The second-order valence-electron chi connectivity index (χ2n) is 8.23. The second kappa shape index (κ2) is 9.58. The Kier molecular flexibility index (Phi) is 6.71. The molecule has 0 radical (unpaired) electrons. The highest BCUT2D eigenvalue weighted by Crippen LogP contribution is 2.34. The minimum absolute atomic E-state index is 0.245. The number of halogens is 1. The summed E-state index contributed by atoms with van der Waals surface area (Å²) in [6, 6.07) is 19.8. The van der Waals surface area contributed by atoms with Crippen LogP contribution in [0.5, 0.6) is 0 Å². The standard InChI is InChI=1S/C26H26ClN5O2S/c1-17-16-31(18(2)30-17)24-12-9-21(20-5-4-6-23(13-20)35(3,33)34)14-25(24)32(29)26(15-28)19-7-10-22(27)11-8-19/h4-16H,28-29H2,1-3H3/b26-15-. The molecule has 1 heterocycles. The van der Waals surface area contributed by atoms with Gasteiger partial charge in [0.05, 0.1) is 27.7 Å². The van der Waals surface area contributed by atoms with Gasteiger partial charge in [0.15, 0.2) is 9.84 Å². The van der Waals surface area contributed by atoms with E-state index in [1.165, 1.54) is 17.5 Å². The van der Waals surface area contributed by atoms with Gasteiger partial charge in [-0.05, 0) is 61.4 Å². The molecule has 0 saturated carbocycles. The normalized spacial score (nSPS) is 12.1. The Labute approximate surface area is 210 Å². The molecule has 0 aliphatic rings. The molecule has 0 saturated heterocycles. The zero-order chi connectivity index (χ0) is 25.3. The number of hydrogen-bond acceptors (Lipinski definition) is 6. The maximum Gasteiger partial charge on any atom is 0.175 e. The first-order valence-electron chi connectivity index (χ1n) is 10.8. The fourth-order valence-corrected chi connectivity index (χ4v) is 4.73. The van der Waals surface area contributed by atoms with Gasteiger partial charge in [0.1, 0.15) is 5.82 Å². The Balaban J connectivity index is 1.90. The zero-order valence-electron chi connectivity index (χ0n) is 19.6. The molecule has 35 heavy (non-hydrogen) atoms. The van der Waals surface area contributed by atoms with Gasteiger partial charge in [-0.1, -0.05) is 41.9 Å². The highest BCUT2D eigenvalue weighted by molar-refractivity contribution is 7.90. The fourth-order valence-electron chi connectivity index (χ4n) is 3.93. The summed E-state index contributed by atoms with van der Waals surface area (Å²) in [6.45, 7) is 3.84. The summed E-state index contributed by atoms with van der Waals surface area (Å²) in [6.07, 6.45) is 4.56. The molecule has 4 N–H and O–H groups in total. The van der Waals surface area contributed by atoms with E-state index in [2.05, 4.69) is 4.98 Å². The maximum atomic E-state index is 12.1. The molecule has 9 heteroatoms. The van der Waals surface area contributed by atoms with Gasteiger partial charge in [0, 0.05) is 29.2 Å². The minimum Gasteiger partial charge on any atom is -0.403 e. The van der Waals surface area contributed by atoms with E-state index in [0.29, 0.717) is 16.4 Å². The molecule has 1 aromatic heterocycles. The van der Waals surface area contributed by atoms with Crippen LogP contribution in [0.3, 0.4) is 0 Å². The molecule has 180 valence electrons. The SMILES string of the molecule is Cc1cn(-c2ccc(-c3cccc(S(C)(=O)=O)c3)cc2N(N)/C(=C\N)c2ccc(Cl)cc2)c(C)n1. The summed E-state index contributed by atoms with van der Waals surface area (Å²) in [5.74, 6) is 7.48. The van der Waals surface area contributed by atoms with E-state index >= 15 is 0 Å². The Morgan fingerprint density at radius 3 is 2.31 bits per heavy atom. The predicted octanol–water partition coefficient (Wildman–Crippen LogP) is 4.85. The van der Waals surface area contributed by atoms with Gasteiger partial charge in [0.2, 0.25) is 0 Å². The van der Waals surface area contributed by atoms with Crippen molar-refractivity contribution in [3.63, 3.8) is 0 Å². The van der Waals surface area contributed by atoms with E-state index in [-0.39, 0.29) is 4.90 Å². The van der Waals surface area contributed by atoms with E-state index in [1.54, 1.807) is 30.3 Å². The smallest absolute Gasteiger partial charge is 0.175 e. The van der Waals surface area contributed by atoms with Crippen LogP contribution in [0.25, 0.3) is 22.5 Å². The average Bonchev–Trinajstić information content (AvgIpc) is 3.17. The maximum absolute atomic E-state index is 12.1. The lowest BCUT2D eigenvalue weighted by Crippen LogP contribution is -2.31. The average molecular weight is 508 g/mol. The molecule has 0 aliphatic carbocycles. The van der Waals surface area contributed by atoms with Crippen molar-refractivity contribution in [2.24, 2.45) is 11.6 Å². The highest BCUT2D eigenvalue weighted by atomic mass is 35.5. The second-order valence-corrected chi connectivity index (χ2v) is 10.7. The molecule has 0 bridgehead atoms. The van der Waals surface area contributed by atoms with Crippen molar-refractivity contribution in [3.05, 3.63) is 101 Å². The molecule has 4 aromatic rings. The van der Waals surface area contributed by atoms with Crippen LogP contribution < -0.4 is 16.6 Å². The zero-order valence-corrected chi connectivity index (χ0v) is 21.2. The van der Waals surface area contributed by atoms with Crippen molar-refractivity contribution < 1.29 is 8.42 Å². The first kappa shape index (κ1) is 24.5. The molecular formula is C26H26ClN5O2S. The molecule has 0 fully saturated rings. The third-order valence-corrected chi connectivity index (χ3v) is 7.01. The van der Waals surface area contributed by atoms with Crippen LogP contribution in [0.1, 0.15) is 17.1 Å². The Hall–Kier alpha value is -3.59. The molecule has 3 aromatic carbocycles. The number of nitrogens with two attached hydrogens (primary N) is 2. The van der Waals surface area contributed by atoms with Gasteiger partial charge in [-0.2, -0.15) is 0 Å². The Bertz CT molecular complexity index is 1530. The van der Waals surface area contributed by atoms with Crippen molar-refractivity contribution in [2.75, 3.05) is 11.3 Å². The van der Waals surface area contributed by atoms with Crippen LogP contribution in [0, 0.1) is 13.8 Å². The third-order valence-electron chi connectivity index (χ3n) is 5.65. The molecule has 0 aliphatic heterocycles. The lowest BCUT2D eigenvalue weighted by atomic mass is 10.0. The first-order chi connectivity index (χ1) is 16.6. The lowest BCUT2D eigenvalue weighted by molar-refractivity contribution is 0.602. The first-order valence-corrected chi connectivity index (χ1v) is 13.1. The summed E-state index contributed by atoms with van der Waals surface area (Å²) in [7, 11) is -3.35. The summed E-state index contributed by atoms with van der Waals surface area (Å²) >= 11 is 6.07. The molecule has 0 unspecified atom stereocenters. The Morgan fingerprint density at radius 2 is 1.71 bits per heavy atom. The van der Waals surface area contributed by atoms with Gasteiger partial charge < -0.3 is 10.3 Å². The number of aryl methyl sites for hydroxylation is 2. The lowest BCUT2D eigenvalue weighted by Gasteiger charge is -2.26.